The van der Waals surface area contributed by atoms with Crippen LogP contribution >= 0.6 is 0 Å². The Labute approximate surface area is 143 Å². The summed E-state index contributed by atoms with van der Waals surface area (Å²) in [7, 11) is 0. The van der Waals surface area contributed by atoms with Gasteiger partial charge >= 0.3 is 5.97 Å². The first kappa shape index (κ1) is 19.5. The Morgan fingerprint density at radius 2 is 2.08 bits per heavy atom. The Bertz CT molecular complexity index is 628. The molecule has 5 heteroatoms. The summed E-state index contributed by atoms with van der Waals surface area (Å²) < 4.78 is 5.17. The van der Waals surface area contributed by atoms with Gasteiger partial charge in [-0.3, -0.25) is 0 Å². The molecule has 0 aliphatic carbocycles. The molecule has 24 heavy (non-hydrogen) atoms. The van der Waals surface area contributed by atoms with Crippen molar-refractivity contribution in [2.75, 3.05) is 19.8 Å². The molecule has 1 rings (SSSR count). The molecule has 2 N–H and O–H groups in total. The second kappa shape index (κ2) is 9.53. The molecule has 0 heterocycles. The van der Waals surface area contributed by atoms with Crippen LogP contribution in [0, 0.1) is 16.7 Å². The number of aliphatic hydroxyl groups excluding tert-OH is 1. The van der Waals surface area contributed by atoms with Crippen LogP contribution in [0.5, 0.6) is 0 Å². The molecule has 0 saturated carbocycles. The van der Waals surface area contributed by atoms with Crippen molar-refractivity contribution >= 4 is 5.97 Å². The van der Waals surface area contributed by atoms with Crippen LogP contribution in [0.1, 0.15) is 30.6 Å². The fourth-order valence-corrected chi connectivity index (χ4v) is 1.85. The van der Waals surface area contributed by atoms with E-state index in [9.17, 15) is 15.2 Å². The van der Waals surface area contributed by atoms with E-state index in [1.807, 2.05) is 19.9 Å². The maximum Gasteiger partial charge on any atom is 0.338 e. The van der Waals surface area contributed by atoms with Crippen LogP contribution in [0.15, 0.2) is 54.3 Å². The van der Waals surface area contributed by atoms with Crippen LogP contribution in [0.4, 0.5) is 0 Å². The zero-order valence-electron chi connectivity index (χ0n) is 14.2. The lowest BCUT2D eigenvalue weighted by Crippen LogP contribution is -2.20. The van der Waals surface area contributed by atoms with Crippen LogP contribution in [0.2, 0.25) is 0 Å². The third kappa shape index (κ3) is 6.67. The van der Waals surface area contributed by atoms with Crippen molar-refractivity contribution in [2.45, 2.75) is 20.3 Å². The minimum Gasteiger partial charge on any atom is -0.462 e. The van der Waals surface area contributed by atoms with E-state index in [-0.39, 0.29) is 19.2 Å². The molecule has 1 aromatic rings. The summed E-state index contributed by atoms with van der Waals surface area (Å²) in [5.74, 6) is -0.350. The molecule has 0 radical (unpaired) electrons. The number of nitriles is 1. The molecule has 0 aliphatic rings. The molecule has 0 unspecified atom stereocenters. The number of carbonyl (C=O) groups is 1. The third-order valence-corrected chi connectivity index (χ3v) is 3.29. The molecule has 0 bridgehead atoms. The summed E-state index contributed by atoms with van der Waals surface area (Å²) in [5.41, 5.74) is 0.931. The second-order valence-electron chi connectivity index (χ2n) is 6.08. The number of esters is 1. The van der Waals surface area contributed by atoms with Crippen molar-refractivity contribution in [3.8, 4) is 6.07 Å². The zero-order valence-corrected chi connectivity index (χ0v) is 14.2. The first-order chi connectivity index (χ1) is 11.4. The van der Waals surface area contributed by atoms with E-state index in [2.05, 4.69) is 18.0 Å². The minimum absolute atomic E-state index is 0.0547. The van der Waals surface area contributed by atoms with Gasteiger partial charge in [-0.25, -0.2) is 4.79 Å². The lowest BCUT2D eigenvalue weighted by atomic mass is 9.91. The van der Waals surface area contributed by atoms with Crippen molar-refractivity contribution in [2.24, 2.45) is 5.41 Å². The van der Waals surface area contributed by atoms with Crippen LogP contribution in [-0.2, 0) is 4.74 Å². The first-order valence-electron chi connectivity index (χ1n) is 7.79. The molecule has 0 amide bonds. The van der Waals surface area contributed by atoms with Gasteiger partial charge in [-0.2, -0.15) is 5.26 Å². The number of allylic oxidation sites excluding steroid dienone is 1. The van der Waals surface area contributed by atoms with Gasteiger partial charge in [0, 0.05) is 17.7 Å². The maximum atomic E-state index is 11.7. The van der Waals surface area contributed by atoms with Gasteiger partial charge in [0.05, 0.1) is 24.4 Å². The van der Waals surface area contributed by atoms with Crippen molar-refractivity contribution in [1.29, 1.82) is 5.26 Å². The summed E-state index contributed by atoms with van der Waals surface area (Å²) in [5, 5.41) is 21.5. The lowest BCUT2D eigenvalue weighted by molar-refractivity contribution is 0.0501. The number of aliphatic hydroxyl groups is 1. The van der Waals surface area contributed by atoms with E-state index < -0.39 is 5.41 Å². The Morgan fingerprint density at radius 3 is 2.67 bits per heavy atom. The quantitative estimate of drug-likeness (QED) is 0.315. The SMILES string of the molecule is C=C(NCCCOC(=O)c1ccccc1)/C(C#N)=C\C(C)(C)CO. The van der Waals surface area contributed by atoms with Gasteiger partial charge in [0.15, 0.2) is 0 Å². The normalized spacial score (nSPS) is 11.5. The number of rotatable bonds is 9. The third-order valence-electron chi connectivity index (χ3n) is 3.29. The number of carbonyl (C=O) groups excluding carboxylic acids is 1. The topological polar surface area (TPSA) is 82.3 Å². The van der Waals surface area contributed by atoms with Crippen molar-refractivity contribution < 1.29 is 14.6 Å². The van der Waals surface area contributed by atoms with E-state index in [0.29, 0.717) is 29.8 Å². The van der Waals surface area contributed by atoms with E-state index in [0.717, 1.165) is 0 Å². The fourth-order valence-electron chi connectivity index (χ4n) is 1.85. The molecule has 0 aliphatic heterocycles. The average Bonchev–Trinajstić information content (AvgIpc) is 2.59. The van der Waals surface area contributed by atoms with E-state index in [4.69, 9.17) is 4.74 Å². The molecule has 0 saturated heterocycles. The Balaban J connectivity index is 2.36. The van der Waals surface area contributed by atoms with Gasteiger partial charge in [0.2, 0.25) is 0 Å². The van der Waals surface area contributed by atoms with Crippen molar-refractivity contribution in [1.82, 2.24) is 5.32 Å². The van der Waals surface area contributed by atoms with Crippen molar-refractivity contribution in [3.63, 3.8) is 0 Å². The van der Waals surface area contributed by atoms with E-state index in [1.165, 1.54) is 0 Å². The molecular formula is C19H24N2O3. The molecule has 1 aromatic carbocycles. The first-order valence-corrected chi connectivity index (χ1v) is 7.79. The second-order valence-corrected chi connectivity index (χ2v) is 6.08. The lowest BCUT2D eigenvalue weighted by Gasteiger charge is -2.18. The Hall–Kier alpha value is -2.58. The van der Waals surface area contributed by atoms with Crippen LogP contribution < -0.4 is 5.32 Å². The summed E-state index contributed by atoms with van der Waals surface area (Å²) in [6.07, 6.45) is 2.29. The Kier molecular flexibility index (Phi) is 7.73. The number of ether oxygens (including phenoxy) is 1. The zero-order chi connectivity index (χ0) is 18.0. The number of benzene rings is 1. The van der Waals surface area contributed by atoms with Crippen LogP contribution in [-0.4, -0.2) is 30.8 Å². The average molecular weight is 328 g/mol. The molecule has 0 spiro atoms. The number of hydrogen-bond acceptors (Lipinski definition) is 5. The molecule has 0 aromatic heterocycles. The molecule has 5 nitrogen and oxygen atoms in total. The van der Waals surface area contributed by atoms with E-state index in [1.54, 1.807) is 30.3 Å². The van der Waals surface area contributed by atoms with Crippen molar-refractivity contribution in [3.05, 3.63) is 59.8 Å². The number of hydrogen-bond donors (Lipinski definition) is 2. The summed E-state index contributed by atoms with van der Waals surface area (Å²) >= 11 is 0. The fraction of sp³-hybridized carbons (Fsp3) is 0.368. The van der Waals surface area contributed by atoms with Gasteiger partial charge in [-0.15, -0.1) is 0 Å². The highest BCUT2D eigenvalue weighted by Gasteiger charge is 2.15. The molecule has 0 fully saturated rings. The van der Waals surface area contributed by atoms with Gasteiger partial charge in [-0.1, -0.05) is 44.7 Å². The highest BCUT2D eigenvalue weighted by Crippen LogP contribution is 2.20. The largest absolute Gasteiger partial charge is 0.462 e. The predicted molar refractivity (Wildman–Crippen MR) is 93.0 cm³/mol. The summed E-state index contributed by atoms with van der Waals surface area (Å²) in [6.45, 7) is 8.25. The standard InChI is InChI=1S/C19H24N2O3/c1-15(17(13-20)12-19(2,3)14-22)21-10-7-11-24-18(23)16-8-5-4-6-9-16/h4-6,8-9,12,21-22H,1,7,10-11,14H2,2-3H3/b17-12-. The van der Waals surface area contributed by atoms with Crippen LogP contribution in [0.3, 0.4) is 0 Å². The number of nitrogens with one attached hydrogen (secondary N) is 1. The molecule has 0 atom stereocenters. The number of nitrogens with zero attached hydrogens (tertiary/aromatic N) is 1. The maximum absolute atomic E-state index is 11.7. The van der Waals surface area contributed by atoms with Gasteiger partial charge in [-0.05, 0) is 18.6 Å². The van der Waals surface area contributed by atoms with Crippen LogP contribution in [0.25, 0.3) is 0 Å². The monoisotopic (exact) mass is 328 g/mol. The van der Waals surface area contributed by atoms with E-state index >= 15 is 0 Å². The summed E-state index contributed by atoms with van der Waals surface area (Å²) in [4.78, 5) is 11.7. The minimum atomic E-state index is -0.485. The highest BCUT2D eigenvalue weighted by molar-refractivity contribution is 5.89. The van der Waals surface area contributed by atoms with Gasteiger partial charge < -0.3 is 15.2 Å². The Morgan fingerprint density at radius 1 is 1.42 bits per heavy atom. The van der Waals surface area contributed by atoms with Gasteiger partial charge in [0.25, 0.3) is 0 Å². The molecule has 128 valence electrons. The van der Waals surface area contributed by atoms with Gasteiger partial charge in [0.1, 0.15) is 6.07 Å². The predicted octanol–water partition coefficient (Wildman–Crippen LogP) is 2.81. The molecular weight excluding hydrogens is 304 g/mol. The summed E-state index contributed by atoms with van der Waals surface area (Å²) in [6, 6.07) is 10.9. The highest BCUT2D eigenvalue weighted by atomic mass is 16.5. The smallest absolute Gasteiger partial charge is 0.338 e.